The van der Waals surface area contributed by atoms with E-state index in [0.717, 1.165) is 0 Å². The number of rotatable bonds is 2. The van der Waals surface area contributed by atoms with Gasteiger partial charge in [-0.05, 0) is 19.1 Å². The maximum absolute atomic E-state index is 11.4. The predicted octanol–water partition coefficient (Wildman–Crippen LogP) is 2.70. The van der Waals surface area contributed by atoms with Crippen LogP contribution in [0.4, 0.5) is 0 Å². The fourth-order valence-corrected chi connectivity index (χ4v) is 1.19. The van der Waals surface area contributed by atoms with Crippen LogP contribution < -0.4 is 0 Å². The molecule has 0 aliphatic rings. The molecule has 1 heterocycles. The Balaban J connectivity index is 3.03. The Morgan fingerprint density at radius 3 is 2.92 bits per heavy atom. The number of alkyl halides is 1. The van der Waals surface area contributed by atoms with Crippen LogP contribution in [0.2, 0.25) is 5.02 Å². The van der Waals surface area contributed by atoms with E-state index >= 15 is 0 Å². The number of hydrogen-bond acceptors (Lipinski definition) is 2. The maximum atomic E-state index is 11.4. The molecule has 0 bridgehead atoms. The first-order chi connectivity index (χ1) is 5.63. The number of nitrogens with zero attached hydrogens (tertiary/aromatic N) is 1. The van der Waals surface area contributed by atoms with E-state index in [1.807, 2.05) is 0 Å². The van der Waals surface area contributed by atoms with Crippen molar-refractivity contribution in [3.8, 4) is 0 Å². The van der Waals surface area contributed by atoms with Crippen LogP contribution in [-0.4, -0.2) is 15.6 Å². The fraction of sp³-hybridized carbons (Fsp3) is 0.250. The highest BCUT2D eigenvalue weighted by Gasteiger charge is 2.15. The van der Waals surface area contributed by atoms with Gasteiger partial charge in [0, 0.05) is 6.20 Å². The minimum atomic E-state index is -0.245. The number of carbonyl (C=O) groups excluding carboxylic acids is 1. The van der Waals surface area contributed by atoms with Crippen LogP contribution >= 0.6 is 27.5 Å². The Morgan fingerprint density at radius 1 is 1.75 bits per heavy atom. The first-order valence-electron chi connectivity index (χ1n) is 3.41. The molecule has 0 saturated heterocycles. The highest BCUT2D eigenvalue weighted by molar-refractivity contribution is 9.10. The summed E-state index contributed by atoms with van der Waals surface area (Å²) in [4.78, 5) is 15.0. The van der Waals surface area contributed by atoms with E-state index in [-0.39, 0.29) is 10.6 Å². The third kappa shape index (κ3) is 2.05. The van der Waals surface area contributed by atoms with Gasteiger partial charge in [-0.25, -0.2) is 0 Å². The summed E-state index contributed by atoms with van der Waals surface area (Å²) in [5, 5.41) is 0.397. The molecule has 0 N–H and O–H groups in total. The van der Waals surface area contributed by atoms with Crippen molar-refractivity contribution in [1.82, 2.24) is 4.98 Å². The van der Waals surface area contributed by atoms with E-state index in [0.29, 0.717) is 10.7 Å². The summed E-state index contributed by atoms with van der Waals surface area (Å²) in [6.07, 6.45) is 1.55. The van der Waals surface area contributed by atoms with Gasteiger partial charge in [-0.1, -0.05) is 27.5 Å². The summed E-state index contributed by atoms with van der Waals surface area (Å²) in [7, 11) is 0. The number of pyridine rings is 1. The highest BCUT2D eigenvalue weighted by atomic mass is 79.9. The van der Waals surface area contributed by atoms with Crippen LogP contribution in [-0.2, 0) is 0 Å². The van der Waals surface area contributed by atoms with Crippen LogP contribution in [0.15, 0.2) is 18.3 Å². The second kappa shape index (κ2) is 4.01. The van der Waals surface area contributed by atoms with Gasteiger partial charge in [0.2, 0.25) is 0 Å². The van der Waals surface area contributed by atoms with E-state index in [1.165, 1.54) is 0 Å². The third-order valence-corrected chi connectivity index (χ3v) is 2.07. The summed E-state index contributed by atoms with van der Waals surface area (Å²) >= 11 is 8.92. The monoisotopic (exact) mass is 247 g/mol. The second-order valence-corrected chi connectivity index (χ2v) is 4.09. The molecule has 0 radical (unpaired) electrons. The van der Waals surface area contributed by atoms with E-state index < -0.39 is 0 Å². The zero-order chi connectivity index (χ0) is 9.14. The maximum Gasteiger partial charge on any atom is 0.195 e. The molecule has 0 saturated carbocycles. The van der Waals surface area contributed by atoms with Crippen LogP contribution in [0.5, 0.6) is 0 Å². The largest absolute Gasteiger partial charge is 0.291 e. The van der Waals surface area contributed by atoms with Crippen molar-refractivity contribution in [2.24, 2.45) is 0 Å². The predicted molar refractivity (Wildman–Crippen MR) is 52.0 cm³/mol. The van der Waals surface area contributed by atoms with E-state index in [1.54, 1.807) is 25.3 Å². The Morgan fingerprint density at radius 2 is 2.42 bits per heavy atom. The van der Waals surface area contributed by atoms with Crippen molar-refractivity contribution >= 4 is 33.3 Å². The van der Waals surface area contributed by atoms with Gasteiger partial charge in [0.05, 0.1) is 9.85 Å². The van der Waals surface area contributed by atoms with Gasteiger partial charge >= 0.3 is 0 Å². The summed E-state index contributed by atoms with van der Waals surface area (Å²) in [5.41, 5.74) is 0.323. The molecule has 0 aliphatic carbocycles. The first-order valence-corrected chi connectivity index (χ1v) is 4.71. The van der Waals surface area contributed by atoms with Gasteiger partial charge in [0.15, 0.2) is 5.78 Å². The molecule has 0 amide bonds. The first kappa shape index (κ1) is 9.68. The molecule has 1 atom stereocenters. The molecule has 1 unspecified atom stereocenters. The molecule has 2 nitrogen and oxygen atoms in total. The average Bonchev–Trinajstić information content (AvgIpc) is 2.04. The Hall–Kier alpha value is -0.410. The molecule has 0 aliphatic heterocycles. The lowest BCUT2D eigenvalue weighted by atomic mass is 10.2. The van der Waals surface area contributed by atoms with E-state index in [2.05, 4.69) is 20.9 Å². The Labute approximate surface area is 84.1 Å². The summed E-state index contributed by atoms with van der Waals surface area (Å²) in [6.45, 7) is 1.74. The Kier molecular flexibility index (Phi) is 3.23. The molecule has 0 fully saturated rings. The summed E-state index contributed by atoms with van der Waals surface area (Å²) in [6, 6.07) is 3.34. The number of carbonyl (C=O) groups is 1. The lowest BCUT2D eigenvalue weighted by molar-refractivity contribution is 0.0991. The molecule has 0 aromatic carbocycles. The summed E-state index contributed by atoms with van der Waals surface area (Å²) in [5.74, 6) is -0.0967. The Bertz CT molecular complexity index is 301. The minimum absolute atomic E-state index is 0.0967. The van der Waals surface area contributed by atoms with Gasteiger partial charge in [-0.2, -0.15) is 0 Å². The number of Topliss-reactive ketones (excluding diaryl/α,β-unsaturated/α-hetero) is 1. The lowest BCUT2D eigenvalue weighted by Crippen LogP contribution is -2.12. The van der Waals surface area contributed by atoms with Crippen molar-refractivity contribution in [3.63, 3.8) is 0 Å². The topological polar surface area (TPSA) is 30.0 Å². The third-order valence-electron chi connectivity index (χ3n) is 1.35. The number of ketones is 1. The van der Waals surface area contributed by atoms with Gasteiger partial charge in [0.25, 0.3) is 0 Å². The molecule has 12 heavy (non-hydrogen) atoms. The molecule has 0 spiro atoms. The van der Waals surface area contributed by atoms with Crippen molar-refractivity contribution in [2.75, 3.05) is 0 Å². The van der Waals surface area contributed by atoms with Crippen molar-refractivity contribution in [2.45, 2.75) is 11.8 Å². The van der Waals surface area contributed by atoms with Crippen LogP contribution in [0.25, 0.3) is 0 Å². The fourth-order valence-electron chi connectivity index (χ4n) is 0.755. The normalized spacial score (nSPS) is 12.6. The summed E-state index contributed by atoms with van der Waals surface area (Å²) < 4.78 is 0. The van der Waals surface area contributed by atoms with Gasteiger partial charge < -0.3 is 0 Å². The number of halogens is 2. The van der Waals surface area contributed by atoms with Crippen molar-refractivity contribution in [3.05, 3.63) is 29.0 Å². The minimum Gasteiger partial charge on any atom is -0.291 e. The lowest BCUT2D eigenvalue weighted by Gasteiger charge is -2.02. The number of hydrogen-bond donors (Lipinski definition) is 0. The second-order valence-electron chi connectivity index (χ2n) is 2.31. The van der Waals surface area contributed by atoms with Crippen molar-refractivity contribution < 1.29 is 4.79 Å². The van der Waals surface area contributed by atoms with Crippen LogP contribution in [0.1, 0.15) is 17.4 Å². The molecular formula is C8H7BrClNO. The van der Waals surface area contributed by atoms with Gasteiger partial charge in [-0.3, -0.25) is 9.78 Å². The quantitative estimate of drug-likeness (QED) is 0.595. The van der Waals surface area contributed by atoms with Crippen molar-refractivity contribution in [1.29, 1.82) is 0 Å². The molecule has 1 aromatic rings. The standard InChI is InChI=1S/C8H7BrClNO/c1-5(9)8(12)7-6(10)3-2-4-11-7/h2-5H,1H3. The average molecular weight is 249 g/mol. The zero-order valence-corrected chi connectivity index (χ0v) is 8.76. The molecule has 1 rings (SSSR count). The molecule has 4 heteroatoms. The van der Waals surface area contributed by atoms with Gasteiger partial charge in [0.1, 0.15) is 5.69 Å². The van der Waals surface area contributed by atoms with Crippen LogP contribution in [0.3, 0.4) is 0 Å². The van der Waals surface area contributed by atoms with E-state index in [9.17, 15) is 4.79 Å². The van der Waals surface area contributed by atoms with Crippen LogP contribution in [0, 0.1) is 0 Å². The van der Waals surface area contributed by atoms with Gasteiger partial charge in [-0.15, -0.1) is 0 Å². The smallest absolute Gasteiger partial charge is 0.195 e. The highest BCUT2D eigenvalue weighted by Crippen LogP contribution is 2.16. The van der Waals surface area contributed by atoms with E-state index in [4.69, 9.17) is 11.6 Å². The molecular weight excluding hydrogens is 241 g/mol. The zero-order valence-electron chi connectivity index (χ0n) is 6.42. The number of aromatic nitrogens is 1. The molecule has 1 aromatic heterocycles. The molecule has 64 valence electrons. The SMILES string of the molecule is CC(Br)C(=O)c1ncccc1Cl.